The molecule has 2 amide bonds. The molecule has 1 unspecified atom stereocenters. The Bertz CT molecular complexity index is 705. The second-order valence-corrected chi connectivity index (χ2v) is 8.35. The van der Waals surface area contributed by atoms with E-state index < -0.39 is 0 Å². The Morgan fingerprint density at radius 1 is 1.04 bits per heavy atom. The number of nitrogens with zero attached hydrogens (tertiary/aromatic N) is 3. The lowest BCUT2D eigenvalue weighted by Gasteiger charge is -2.35. The van der Waals surface area contributed by atoms with Crippen molar-refractivity contribution in [3.05, 3.63) is 17.2 Å². The van der Waals surface area contributed by atoms with Gasteiger partial charge in [0.2, 0.25) is 0 Å². The van der Waals surface area contributed by atoms with Gasteiger partial charge in [-0.05, 0) is 57.8 Å². The highest BCUT2D eigenvalue weighted by Crippen LogP contribution is 2.26. The number of carbonyl (C=O) groups is 2. The number of rotatable bonds is 4. The van der Waals surface area contributed by atoms with Crippen LogP contribution in [0.4, 0.5) is 0 Å². The highest BCUT2D eigenvalue weighted by atomic mass is 16.2. The molecular weight excluding hydrogens is 340 g/mol. The quantitative estimate of drug-likeness (QED) is 0.882. The van der Waals surface area contributed by atoms with Crippen LogP contribution < -0.4 is 5.32 Å². The van der Waals surface area contributed by atoms with E-state index in [4.69, 9.17) is 0 Å². The van der Waals surface area contributed by atoms with Gasteiger partial charge in [0.1, 0.15) is 5.69 Å². The first-order chi connectivity index (χ1) is 13.2. The second kappa shape index (κ2) is 8.03. The van der Waals surface area contributed by atoms with Crippen molar-refractivity contribution in [2.24, 2.45) is 0 Å². The maximum Gasteiger partial charge on any atom is 0.290 e. The first kappa shape index (κ1) is 18.5. The average Bonchev–Trinajstić information content (AvgIpc) is 3.35. The third-order valence-electron chi connectivity index (χ3n) is 6.57. The lowest BCUT2D eigenvalue weighted by Crippen LogP contribution is -2.44. The molecule has 1 aliphatic carbocycles. The molecule has 1 aromatic rings. The molecule has 2 fully saturated rings. The lowest BCUT2D eigenvalue weighted by atomic mass is 10.00. The first-order valence-electron chi connectivity index (χ1n) is 10.9. The van der Waals surface area contributed by atoms with Gasteiger partial charge in [0.25, 0.3) is 11.8 Å². The fraction of sp³-hybridized carbons (Fsp3) is 0.762. The summed E-state index contributed by atoms with van der Waals surface area (Å²) in [7, 11) is 0. The molecule has 2 aliphatic heterocycles. The van der Waals surface area contributed by atoms with Crippen molar-refractivity contribution in [2.45, 2.75) is 96.2 Å². The number of carbonyl (C=O) groups excluding carboxylic acids is 2. The van der Waals surface area contributed by atoms with E-state index in [0.29, 0.717) is 17.6 Å². The fourth-order valence-corrected chi connectivity index (χ4v) is 5.03. The molecule has 0 spiro atoms. The van der Waals surface area contributed by atoms with E-state index >= 15 is 0 Å². The van der Waals surface area contributed by atoms with Crippen LogP contribution in [0.5, 0.6) is 0 Å². The average molecular weight is 373 g/mol. The molecule has 1 saturated carbocycles. The predicted octanol–water partition coefficient (Wildman–Crippen LogP) is 3.30. The maximum absolute atomic E-state index is 13.3. The van der Waals surface area contributed by atoms with E-state index in [9.17, 15) is 9.59 Å². The van der Waals surface area contributed by atoms with Crippen LogP contribution in [0.25, 0.3) is 0 Å². The van der Waals surface area contributed by atoms with Gasteiger partial charge in [-0.3, -0.25) is 9.59 Å². The van der Waals surface area contributed by atoms with Crippen LogP contribution in [-0.2, 0) is 13.0 Å². The van der Waals surface area contributed by atoms with Crippen LogP contribution in [0.15, 0.2) is 0 Å². The number of hydrogen-bond donors (Lipinski definition) is 1. The highest BCUT2D eigenvalue weighted by molar-refractivity contribution is 5.97. The molecule has 0 bridgehead atoms. The van der Waals surface area contributed by atoms with Crippen LogP contribution in [0, 0.1) is 0 Å². The maximum atomic E-state index is 13.3. The Morgan fingerprint density at radius 2 is 1.78 bits per heavy atom. The molecule has 1 aromatic heterocycles. The van der Waals surface area contributed by atoms with Gasteiger partial charge in [-0.2, -0.15) is 0 Å². The summed E-state index contributed by atoms with van der Waals surface area (Å²) >= 11 is 0. The SMILES string of the molecule is CCC1CCCCN1C(=O)c1nc(C(=O)NC2CCCC2)c2n1CCCC2. The number of piperidine rings is 1. The van der Waals surface area contributed by atoms with Crippen LogP contribution in [-0.4, -0.2) is 44.9 Å². The predicted molar refractivity (Wildman–Crippen MR) is 104 cm³/mol. The number of likely N-dealkylation sites (tertiary alicyclic amines) is 1. The lowest BCUT2D eigenvalue weighted by molar-refractivity contribution is 0.0589. The number of imidazole rings is 1. The molecular formula is C21H32N4O2. The second-order valence-electron chi connectivity index (χ2n) is 8.35. The molecule has 1 atom stereocenters. The summed E-state index contributed by atoms with van der Waals surface area (Å²) in [5, 5.41) is 3.16. The Balaban J connectivity index is 1.61. The van der Waals surface area contributed by atoms with Crippen LogP contribution in [0.2, 0.25) is 0 Å². The summed E-state index contributed by atoms with van der Waals surface area (Å²) in [6, 6.07) is 0.572. The van der Waals surface area contributed by atoms with E-state index in [1.165, 1.54) is 19.3 Å². The molecule has 4 rings (SSSR count). The summed E-state index contributed by atoms with van der Waals surface area (Å²) in [5.41, 5.74) is 1.46. The molecule has 148 valence electrons. The van der Waals surface area contributed by atoms with E-state index in [1.807, 2.05) is 9.47 Å². The standard InChI is InChI=1S/C21H32N4O2/c1-2-16-11-5-7-13-24(16)21(27)19-23-18(17-12-6-8-14-25(17)19)20(26)22-15-9-3-4-10-15/h15-16H,2-14H2,1H3,(H,22,26). The summed E-state index contributed by atoms with van der Waals surface area (Å²) < 4.78 is 2.04. The van der Waals surface area contributed by atoms with E-state index in [-0.39, 0.29) is 17.9 Å². The van der Waals surface area contributed by atoms with Gasteiger partial charge in [-0.25, -0.2) is 4.98 Å². The summed E-state index contributed by atoms with van der Waals surface area (Å²) in [5.74, 6) is 0.420. The van der Waals surface area contributed by atoms with E-state index in [1.54, 1.807) is 0 Å². The summed E-state index contributed by atoms with van der Waals surface area (Å²) in [6.07, 6.45) is 11.7. The van der Waals surface area contributed by atoms with Gasteiger partial charge in [0.15, 0.2) is 5.82 Å². The third kappa shape index (κ3) is 3.63. The minimum absolute atomic E-state index is 0.0182. The molecule has 1 N–H and O–H groups in total. The van der Waals surface area contributed by atoms with Crippen molar-refractivity contribution in [1.29, 1.82) is 0 Å². The van der Waals surface area contributed by atoms with Crippen molar-refractivity contribution in [1.82, 2.24) is 19.8 Å². The Hall–Kier alpha value is -1.85. The van der Waals surface area contributed by atoms with Gasteiger partial charge >= 0.3 is 0 Å². The van der Waals surface area contributed by atoms with E-state index in [2.05, 4.69) is 17.2 Å². The zero-order valence-electron chi connectivity index (χ0n) is 16.5. The van der Waals surface area contributed by atoms with E-state index in [0.717, 1.165) is 70.2 Å². The Labute approximate surface area is 161 Å². The molecule has 0 aromatic carbocycles. The summed E-state index contributed by atoms with van der Waals surface area (Å²) in [4.78, 5) is 32.9. The number of aromatic nitrogens is 2. The molecule has 27 heavy (non-hydrogen) atoms. The van der Waals surface area contributed by atoms with Crippen molar-refractivity contribution < 1.29 is 9.59 Å². The van der Waals surface area contributed by atoms with Crippen LogP contribution in [0.1, 0.15) is 97.9 Å². The van der Waals surface area contributed by atoms with Gasteiger partial charge in [0, 0.05) is 25.2 Å². The Kier molecular flexibility index (Phi) is 5.50. The fourth-order valence-electron chi connectivity index (χ4n) is 5.03. The minimum atomic E-state index is -0.0858. The molecule has 6 nitrogen and oxygen atoms in total. The monoisotopic (exact) mass is 372 g/mol. The van der Waals surface area contributed by atoms with Crippen LogP contribution in [0.3, 0.4) is 0 Å². The molecule has 3 aliphatic rings. The van der Waals surface area contributed by atoms with Crippen molar-refractivity contribution in [2.75, 3.05) is 6.54 Å². The number of nitrogens with one attached hydrogen (secondary N) is 1. The third-order valence-corrected chi connectivity index (χ3v) is 6.57. The molecule has 6 heteroatoms. The molecule has 3 heterocycles. The number of hydrogen-bond acceptors (Lipinski definition) is 3. The largest absolute Gasteiger partial charge is 0.348 e. The zero-order valence-corrected chi connectivity index (χ0v) is 16.5. The smallest absolute Gasteiger partial charge is 0.290 e. The minimum Gasteiger partial charge on any atom is -0.348 e. The number of amides is 2. The Morgan fingerprint density at radius 3 is 2.56 bits per heavy atom. The molecule has 0 radical (unpaired) electrons. The van der Waals surface area contributed by atoms with Crippen LogP contribution >= 0.6 is 0 Å². The first-order valence-corrected chi connectivity index (χ1v) is 10.9. The zero-order chi connectivity index (χ0) is 18.8. The topological polar surface area (TPSA) is 67.2 Å². The van der Waals surface area contributed by atoms with Crippen molar-refractivity contribution in [3.63, 3.8) is 0 Å². The highest BCUT2D eigenvalue weighted by Gasteiger charge is 2.33. The van der Waals surface area contributed by atoms with Crippen molar-refractivity contribution >= 4 is 11.8 Å². The van der Waals surface area contributed by atoms with Gasteiger partial charge in [-0.1, -0.05) is 19.8 Å². The van der Waals surface area contributed by atoms with Crippen molar-refractivity contribution in [3.8, 4) is 0 Å². The molecule has 1 saturated heterocycles. The summed E-state index contributed by atoms with van der Waals surface area (Å²) in [6.45, 7) is 3.76. The van der Waals surface area contributed by atoms with Gasteiger partial charge in [-0.15, -0.1) is 0 Å². The normalized spacial score (nSPS) is 23.3. The van der Waals surface area contributed by atoms with Gasteiger partial charge in [0.05, 0.1) is 5.69 Å². The van der Waals surface area contributed by atoms with Gasteiger partial charge < -0.3 is 14.8 Å². The number of fused-ring (bicyclic) bond motifs is 1.